The molecule has 208 valence electrons. The van der Waals surface area contributed by atoms with Gasteiger partial charge >= 0.3 is 6.18 Å². The maximum Gasteiger partial charge on any atom is 0.416 e. The van der Waals surface area contributed by atoms with Gasteiger partial charge in [0.25, 0.3) is 10.2 Å². The van der Waals surface area contributed by atoms with Gasteiger partial charge in [-0.1, -0.05) is 18.2 Å². The average molecular weight is 660 g/mol. The fourth-order valence-corrected chi connectivity index (χ4v) is 6.31. The number of piperidine rings is 1. The first kappa shape index (κ1) is 31.3. The highest BCUT2D eigenvalue weighted by molar-refractivity contribution is 14.0. The van der Waals surface area contributed by atoms with Gasteiger partial charge in [-0.2, -0.15) is 35.5 Å². The van der Waals surface area contributed by atoms with Gasteiger partial charge in [-0.3, -0.25) is 9.59 Å². The van der Waals surface area contributed by atoms with Crippen molar-refractivity contribution >= 4 is 46.5 Å². The van der Waals surface area contributed by atoms with E-state index in [0.29, 0.717) is 13.0 Å². The van der Waals surface area contributed by atoms with Crippen LogP contribution in [0.25, 0.3) is 0 Å². The van der Waals surface area contributed by atoms with Crippen molar-refractivity contribution in [2.75, 3.05) is 39.3 Å². The lowest BCUT2D eigenvalue weighted by Gasteiger charge is -2.40. The van der Waals surface area contributed by atoms with Crippen molar-refractivity contribution in [3.05, 3.63) is 35.4 Å². The van der Waals surface area contributed by atoms with E-state index in [-0.39, 0.29) is 74.9 Å². The van der Waals surface area contributed by atoms with E-state index in [1.807, 2.05) is 4.90 Å². The summed E-state index contributed by atoms with van der Waals surface area (Å²) in [5.74, 6) is -0.299. The molecule has 3 aliphatic heterocycles. The second-order valence-electron chi connectivity index (χ2n) is 9.03. The minimum absolute atomic E-state index is 0. The van der Waals surface area contributed by atoms with Gasteiger partial charge in [0.2, 0.25) is 12.3 Å². The molecule has 37 heavy (non-hydrogen) atoms. The number of nitriles is 1. The quantitative estimate of drug-likeness (QED) is 0.373. The zero-order valence-corrected chi connectivity index (χ0v) is 23.3. The summed E-state index contributed by atoms with van der Waals surface area (Å²) in [6.45, 7) is 2.81. The van der Waals surface area contributed by atoms with E-state index in [1.165, 1.54) is 26.8 Å². The molecule has 3 heterocycles. The van der Waals surface area contributed by atoms with Crippen LogP contribution < -0.4 is 5.32 Å². The van der Waals surface area contributed by atoms with E-state index in [9.17, 15) is 31.2 Å². The summed E-state index contributed by atoms with van der Waals surface area (Å²) in [7, 11) is -3.51. The van der Waals surface area contributed by atoms with Gasteiger partial charge in [0.1, 0.15) is 0 Å². The molecule has 0 aliphatic carbocycles. The van der Waals surface area contributed by atoms with Crippen LogP contribution in [0.3, 0.4) is 0 Å². The van der Waals surface area contributed by atoms with E-state index in [1.54, 1.807) is 0 Å². The number of rotatable bonds is 6. The van der Waals surface area contributed by atoms with E-state index < -0.39 is 21.9 Å². The molecule has 0 bridgehead atoms. The number of halogens is 4. The maximum atomic E-state index is 12.5. The number of hydrogen-bond donors (Lipinski definition) is 1. The third kappa shape index (κ3) is 8.01. The second kappa shape index (κ2) is 13.7. The van der Waals surface area contributed by atoms with Crippen molar-refractivity contribution in [3.8, 4) is 6.07 Å². The van der Waals surface area contributed by atoms with Crippen molar-refractivity contribution < 1.29 is 32.6 Å². The minimum Gasteiger partial charge on any atom is -0.355 e. The number of hydrogen-bond acceptors (Lipinski definition) is 5. The Labute approximate surface area is 233 Å². The van der Waals surface area contributed by atoms with E-state index in [4.69, 9.17) is 5.26 Å². The molecule has 3 saturated heterocycles. The van der Waals surface area contributed by atoms with Gasteiger partial charge in [-0.05, 0) is 37.3 Å². The zero-order valence-electron chi connectivity index (χ0n) is 20.2. The first-order valence-corrected chi connectivity index (χ1v) is 13.2. The number of nitrogens with zero attached hydrogens (tertiary/aromatic N) is 4. The van der Waals surface area contributed by atoms with Crippen molar-refractivity contribution in [1.29, 1.82) is 5.26 Å². The Balaban J connectivity index is 0.000000396. The lowest BCUT2D eigenvalue weighted by atomic mass is 9.98. The summed E-state index contributed by atoms with van der Waals surface area (Å²) in [6, 6.07) is 7.22. The summed E-state index contributed by atoms with van der Waals surface area (Å²) in [5, 5.41) is 11.0. The number of alkyl halides is 3. The number of carbonyl (C=O) groups is 2. The molecule has 1 atom stereocenters. The summed E-state index contributed by atoms with van der Waals surface area (Å²) < 4.78 is 64.9. The lowest BCUT2D eigenvalue weighted by Crippen LogP contribution is -2.57. The fraction of sp³-hybridized carbons (Fsp3) is 0.609. The molecule has 1 aromatic carbocycles. The van der Waals surface area contributed by atoms with Crippen molar-refractivity contribution in [1.82, 2.24) is 18.8 Å². The zero-order chi connectivity index (χ0) is 26.3. The number of amides is 2. The van der Waals surface area contributed by atoms with Crippen LogP contribution in [-0.4, -0.2) is 73.5 Å². The third-order valence-corrected chi connectivity index (χ3v) is 8.47. The molecule has 14 heteroatoms. The Kier molecular flexibility index (Phi) is 11.6. The second-order valence-corrected chi connectivity index (χ2v) is 11.0. The Morgan fingerprint density at radius 1 is 1.11 bits per heavy atom. The first-order valence-electron chi connectivity index (χ1n) is 11.8. The van der Waals surface area contributed by atoms with E-state index in [0.717, 1.165) is 44.8 Å². The largest absolute Gasteiger partial charge is 0.416 e. The van der Waals surface area contributed by atoms with Crippen molar-refractivity contribution in [2.45, 2.75) is 38.4 Å². The van der Waals surface area contributed by atoms with Crippen LogP contribution in [0.2, 0.25) is 0 Å². The van der Waals surface area contributed by atoms with Crippen molar-refractivity contribution in [2.24, 2.45) is 11.8 Å². The number of likely N-dealkylation sites (tertiary alicyclic amines) is 1. The molecule has 4 rings (SSSR count). The molecule has 0 spiro atoms. The topological polar surface area (TPSA) is 114 Å². The molecular weight excluding hydrogens is 626 g/mol. The summed E-state index contributed by atoms with van der Waals surface area (Å²) in [4.78, 5) is 24.3. The highest BCUT2D eigenvalue weighted by atomic mass is 127. The molecule has 2 amide bonds. The fourth-order valence-electron chi connectivity index (χ4n) is 4.52. The Bertz CT molecular complexity index is 1080. The lowest BCUT2D eigenvalue weighted by molar-refractivity contribution is -0.138. The first-order chi connectivity index (χ1) is 17.1. The van der Waals surface area contributed by atoms with E-state index in [2.05, 4.69) is 11.4 Å². The highest BCUT2D eigenvalue weighted by Crippen LogP contribution is 2.31. The summed E-state index contributed by atoms with van der Waals surface area (Å²) in [5.41, 5.74) is -0.651. The van der Waals surface area contributed by atoms with Crippen LogP contribution in [0.4, 0.5) is 13.2 Å². The van der Waals surface area contributed by atoms with Crippen LogP contribution in [0.1, 0.15) is 38.2 Å². The van der Waals surface area contributed by atoms with Crippen molar-refractivity contribution in [3.63, 3.8) is 0 Å². The van der Waals surface area contributed by atoms with Gasteiger partial charge in [0, 0.05) is 47.2 Å². The van der Waals surface area contributed by atoms with Gasteiger partial charge in [-0.25, -0.2) is 0 Å². The molecule has 1 aromatic rings. The monoisotopic (exact) mass is 659 g/mol. The third-order valence-electron chi connectivity index (χ3n) is 6.53. The molecule has 3 aliphatic rings. The number of nitrogens with one attached hydrogen (secondary N) is 1. The SMILES string of the molecule is I.N#CC1CN(S(=O)(=O)N2CCC[C@H](C(=O)N3CCCC3)C2)C1.O=CNCc1ccccc1C(F)(F)F.[HH]. The smallest absolute Gasteiger partial charge is 0.355 e. The van der Waals surface area contributed by atoms with Crippen LogP contribution in [0.15, 0.2) is 24.3 Å². The van der Waals surface area contributed by atoms with Crippen LogP contribution in [0.5, 0.6) is 0 Å². The van der Waals surface area contributed by atoms with Crippen LogP contribution >= 0.6 is 24.0 Å². The number of carbonyl (C=O) groups excluding carboxylic acids is 2. The molecule has 3 fully saturated rings. The Morgan fingerprint density at radius 3 is 2.35 bits per heavy atom. The van der Waals surface area contributed by atoms with Gasteiger partial charge in [-0.15, -0.1) is 24.0 Å². The number of benzene rings is 1. The normalized spacial score (nSPS) is 21.0. The standard InChI is InChI=1S/C14H22N4O3S.C9H8F3NO.HI.H2/c15-8-12-9-18(10-12)22(20,21)17-7-3-4-13(11-17)14(19)16-5-1-2-6-16;10-9(11,12)8-4-2-1-3-7(8)5-13-6-14;;/h12-13H,1-7,9-11H2;1-4,6H,5H2,(H,13,14);2*1H/t13-;;;/m0.../s1. The molecule has 0 unspecified atom stereocenters. The van der Waals surface area contributed by atoms with Crippen LogP contribution in [0, 0.1) is 23.2 Å². The van der Waals surface area contributed by atoms with Gasteiger partial charge in [0.15, 0.2) is 0 Å². The highest BCUT2D eigenvalue weighted by Gasteiger charge is 2.42. The summed E-state index contributed by atoms with van der Waals surface area (Å²) >= 11 is 0. The predicted molar refractivity (Wildman–Crippen MR) is 142 cm³/mol. The predicted octanol–water partition coefficient (Wildman–Crippen LogP) is 2.84. The van der Waals surface area contributed by atoms with Crippen LogP contribution in [-0.2, 0) is 32.5 Å². The molecule has 9 nitrogen and oxygen atoms in total. The molecule has 0 radical (unpaired) electrons. The van der Waals surface area contributed by atoms with Gasteiger partial charge < -0.3 is 10.2 Å². The van der Waals surface area contributed by atoms with E-state index >= 15 is 0 Å². The minimum atomic E-state index is -4.37. The maximum absolute atomic E-state index is 12.5. The molecule has 1 N–H and O–H groups in total. The Morgan fingerprint density at radius 2 is 1.76 bits per heavy atom. The average Bonchev–Trinajstić information content (AvgIpc) is 3.37. The molecule has 0 saturated carbocycles. The Hall–Kier alpha value is -1.96. The molecular formula is C23H33F3IN5O4S. The summed E-state index contributed by atoms with van der Waals surface area (Å²) in [6.07, 6.45) is -0.428. The molecule has 0 aromatic heterocycles. The van der Waals surface area contributed by atoms with Gasteiger partial charge in [0.05, 0.1) is 23.5 Å².